The molecule has 1 fully saturated rings. The van der Waals surface area contributed by atoms with Crippen LogP contribution in [0, 0.1) is 6.92 Å². The summed E-state index contributed by atoms with van der Waals surface area (Å²) in [5.41, 5.74) is 4.14. The predicted octanol–water partition coefficient (Wildman–Crippen LogP) is 5.03. The van der Waals surface area contributed by atoms with E-state index in [0.29, 0.717) is 12.6 Å². The maximum atomic E-state index is 6.12. The van der Waals surface area contributed by atoms with E-state index in [4.69, 9.17) is 14.7 Å². The number of morpholine rings is 1. The Balaban J connectivity index is 1.33. The lowest BCUT2D eigenvalue weighted by atomic mass is 10.2. The zero-order valence-electron chi connectivity index (χ0n) is 19.4. The molecule has 1 saturated heterocycles. The Morgan fingerprint density at radius 3 is 2.58 bits per heavy atom. The van der Waals surface area contributed by atoms with Crippen molar-refractivity contribution in [2.75, 3.05) is 25.0 Å². The Morgan fingerprint density at radius 1 is 0.970 bits per heavy atom. The van der Waals surface area contributed by atoms with Crippen molar-refractivity contribution < 1.29 is 4.74 Å². The third kappa shape index (κ3) is 4.74. The third-order valence-corrected chi connectivity index (χ3v) is 5.95. The molecule has 33 heavy (non-hydrogen) atoms. The van der Waals surface area contributed by atoms with E-state index in [2.05, 4.69) is 51.8 Å². The quantitative estimate of drug-likeness (QED) is 0.452. The number of anilines is 2. The number of pyridine rings is 2. The molecule has 0 saturated carbocycles. The van der Waals surface area contributed by atoms with Crippen LogP contribution in [-0.2, 0) is 11.3 Å². The first kappa shape index (κ1) is 21.6. The van der Waals surface area contributed by atoms with Crippen molar-refractivity contribution in [2.45, 2.75) is 39.5 Å². The lowest BCUT2D eigenvalue weighted by Crippen LogP contribution is -2.38. The van der Waals surface area contributed by atoms with Gasteiger partial charge in [0.15, 0.2) is 0 Å². The Labute approximate surface area is 194 Å². The van der Waals surface area contributed by atoms with Gasteiger partial charge in [-0.25, -0.2) is 15.0 Å². The number of hydrogen-bond donors (Lipinski definition) is 1. The van der Waals surface area contributed by atoms with E-state index in [-0.39, 0.29) is 6.10 Å². The fourth-order valence-electron chi connectivity index (χ4n) is 4.45. The van der Waals surface area contributed by atoms with Gasteiger partial charge in [0.25, 0.3) is 0 Å². The van der Waals surface area contributed by atoms with E-state index in [1.807, 2.05) is 49.4 Å². The molecule has 1 N–H and O–H groups in total. The number of hydrogen-bond acceptors (Lipinski definition) is 6. The molecule has 0 unspecified atom stereocenters. The number of imidazole rings is 1. The van der Waals surface area contributed by atoms with E-state index in [1.54, 1.807) is 0 Å². The van der Waals surface area contributed by atoms with Crippen LogP contribution in [0.25, 0.3) is 11.0 Å². The van der Waals surface area contributed by atoms with Gasteiger partial charge in [-0.15, -0.1) is 0 Å². The number of fused-ring (bicyclic) bond motifs is 1. The van der Waals surface area contributed by atoms with Crippen molar-refractivity contribution in [3.8, 4) is 0 Å². The molecule has 0 aliphatic carbocycles. The number of benzene rings is 1. The molecule has 0 radical (unpaired) electrons. The van der Waals surface area contributed by atoms with Gasteiger partial charge in [-0.05, 0) is 57.2 Å². The Hall–Kier alpha value is -3.29. The number of aromatic nitrogens is 4. The Morgan fingerprint density at radius 2 is 1.76 bits per heavy atom. The molecule has 7 heteroatoms. The zero-order valence-corrected chi connectivity index (χ0v) is 19.4. The first-order chi connectivity index (χ1) is 16.1. The predicted molar refractivity (Wildman–Crippen MR) is 131 cm³/mol. The normalized spacial score (nSPS) is 17.0. The minimum atomic E-state index is -0.0807. The largest absolute Gasteiger partial charge is 0.369 e. The summed E-state index contributed by atoms with van der Waals surface area (Å²) in [4.78, 5) is 16.7. The second-order valence-corrected chi connectivity index (χ2v) is 8.81. The molecular formula is C26H30N6O. The number of para-hydroxylation sites is 2. The molecule has 1 aromatic carbocycles. The maximum absolute atomic E-state index is 6.12. The summed E-state index contributed by atoms with van der Waals surface area (Å²) in [5, 5.41) is 3.31. The molecule has 1 aliphatic heterocycles. The lowest BCUT2D eigenvalue weighted by Gasteiger charge is -2.32. The van der Waals surface area contributed by atoms with Gasteiger partial charge in [-0.1, -0.05) is 24.3 Å². The molecule has 4 heterocycles. The van der Waals surface area contributed by atoms with Gasteiger partial charge in [0.05, 0.1) is 29.9 Å². The first-order valence-electron chi connectivity index (χ1n) is 11.5. The standard InChI is InChI=1S/C26H30N6O/c1-18(2)32-22-11-5-4-9-20(22)29-26(32)17-31-14-15-33-23(16-31)21-10-7-13-25(28-21)30-24-12-6-8-19(3)27-24/h4-13,18,23H,14-17H2,1-3H3,(H,27,28,30)/t23-/m0/s1. The van der Waals surface area contributed by atoms with E-state index in [9.17, 15) is 0 Å². The summed E-state index contributed by atoms with van der Waals surface area (Å²) >= 11 is 0. The Kier molecular flexibility index (Phi) is 6.07. The van der Waals surface area contributed by atoms with E-state index in [0.717, 1.165) is 54.0 Å². The molecule has 1 atom stereocenters. The summed E-state index contributed by atoms with van der Waals surface area (Å²) in [6.07, 6.45) is -0.0807. The van der Waals surface area contributed by atoms with Crippen LogP contribution in [0.5, 0.6) is 0 Å². The second kappa shape index (κ2) is 9.29. The highest BCUT2D eigenvalue weighted by atomic mass is 16.5. The van der Waals surface area contributed by atoms with Crippen LogP contribution < -0.4 is 5.32 Å². The van der Waals surface area contributed by atoms with Gasteiger partial charge >= 0.3 is 0 Å². The van der Waals surface area contributed by atoms with Crippen LogP contribution in [0.15, 0.2) is 60.7 Å². The SMILES string of the molecule is Cc1cccc(Nc2cccc([C@@H]3CN(Cc4nc5ccccc5n4C(C)C)CCO3)n2)n1. The number of nitrogens with one attached hydrogen (secondary N) is 1. The minimum absolute atomic E-state index is 0.0807. The fourth-order valence-corrected chi connectivity index (χ4v) is 4.45. The van der Waals surface area contributed by atoms with Crippen molar-refractivity contribution in [3.05, 3.63) is 77.9 Å². The lowest BCUT2D eigenvalue weighted by molar-refractivity contribution is -0.0359. The Bertz CT molecular complexity index is 1250. The van der Waals surface area contributed by atoms with E-state index >= 15 is 0 Å². The zero-order chi connectivity index (χ0) is 22.8. The first-order valence-corrected chi connectivity index (χ1v) is 11.5. The second-order valence-electron chi connectivity index (χ2n) is 8.81. The van der Waals surface area contributed by atoms with Gasteiger partial charge in [0.1, 0.15) is 23.6 Å². The fraction of sp³-hybridized carbons (Fsp3) is 0.346. The van der Waals surface area contributed by atoms with Crippen molar-refractivity contribution in [3.63, 3.8) is 0 Å². The summed E-state index contributed by atoms with van der Waals surface area (Å²) in [5.74, 6) is 2.66. The summed E-state index contributed by atoms with van der Waals surface area (Å²) in [7, 11) is 0. The highest BCUT2D eigenvalue weighted by molar-refractivity contribution is 5.76. The number of rotatable bonds is 6. The molecule has 3 aromatic heterocycles. The van der Waals surface area contributed by atoms with Gasteiger partial charge in [-0.2, -0.15) is 0 Å². The van der Waals surface area contributed by atoms with Crippen LogP contribution in [0.1, 0.15) is 43.2 Å². The summed E-state index contributed by atoms with van der Waals surface area (Å²) in [6, 6.07) is 20.6. The van der Waals surface area contributed by atoms with Crippen molar-refractivity contribution in [2.24, 2.45) is 0 Å². The molecule has 4 aromatic rings. The average molecular weight is 443 g/mol. The van der Waals surface area contributed by atoms with Crippen LogP contribution in [0.4, 0.5) is 11.6 Å². The highest BCUT2D eigenvalue weighted by Crippen LogP contribution is 2.26. The van der Waals surface area contributed by atoms with Crippen LogP contribution in [-0.4, -0.2) is 44.1 Å². The van der Waals surface area contributed by atoms with Gasteiger partial charge in [0, 0.05) is 24.8 Å². The molecular weight excluding hydrogens is 412 g/mol. The highest BCUT2D eigenvalue weighted by Gasteiger charge is 2.25. The van der Waals surface area contributed by atoms with Gasteiger partial charge < -0.3 is 14.6 Å². The molecule has 0 spiro atoms. The van der Waals surface area contributed by atoms with Crippen molar-refractivity contribution in [1.29, 1.82) is 0 Å². The maximum Gasteiger partial charge on any atom is 0.131 e. The van der Waals surface area contributed by atoms with E-state index < -0.39 is 0 Å². The third-order valence-electron chi connectivity index (χ3n) is 5.95. The van der Waals surface area contributed by atoms with Gasteiger partial charge in [0.2, 0.25) is 0 Å². The van der Waals surface area contributed by atoms with Crippen LogP contribution >= 0.6 is 0 Å². The number of ether oxygens (including phenoxy) is 1. The summed E-state index contributed by atoms with van der Waals surface area (Å²) in [6.45, 7) is 9.52. The molecule has 0 bridgehead atoms. The number of nitrogens with zero attached hydrogens (tertiary/aromatic N) is 5. The average Bonchev–Trinajstić information content (AvgIpc) is 3.17. The molecule has 170 valence electrons. The van der Waals surface area contributed by atoms with Crippen LogP contribution in [0.3, 0.4) is 0 Å². The van der Waals surface area contributed by atoms with Crippen LogP contribution in [0.2, 0.25) is 0 Å². The number of aryl methyl sites for hydroxylation is 1. The topological polar surface area (TPSA) is 68.1 Å². The van der Waals surface area contributed by atoms with Crippen molar-refractivity contribution >= 4 is 22.7 Å². The molecule has 7 nitrogen and oxygen atoms in total. The summed E-state index contributed by atoms with van der Waals surface area (Å²) < 4.78 is 8.46. The van der Waals surface area contributed by atoms with E-state index in [1.165, 1.54) is 5.52 Å². The van der Waals surface area contributed by atoms with Crippen molar-refractivity contribution in [1.82, 2.24) is 24.4 Å². The minimum Gasteiger partial charge on any atom is -0.369 e. The smallest absolute Gasteiger partial charge is 0.131 e. The molecule has 0 amide bonds. The molecule has 1 aliphatic rings. The monoisotopic (exact) mass is 442 g/mol. The molecule has 5 rings (SSSR count). The van der Waals surface area contributed by atoms with Gasteiger partial charge in [-0.3, -0.25) is 4.90 Å².